The van der Waals surface area contributed by atoms with Crippen molar-refractivity contribution >= 4 is 35.1 Å². The minimum absolute atomic E-state index is 0.196. The van der Waals surface area contributed by atoms with Crippen molar-refractivity contribution in [2.75, 3.05) is 5.32 Å². The van der Waals surface area contributed by atoms with E-state index >= 15 is 0 Å². The molecule has 116 valence electrons. The molecule has 1 amide bonds. The lowest BCUT2D eigenvalue weighted by Gasteiger charge is -2.23. The lowest BCUT2D eigenvalue weighted by atomic mass is 10.1. The van der Waals surface area contributed by atoms with Gasteiger partial charge in [0.25, 0.3) is 5.91 Å². The summed E-state index contributed by atoms with van der Waals surface area (Å²) >= 11 is 7.93. The van der Waals surface area contributed by atoms with Gasteiger partial charge in [-0.25, -0.2) is 4.68 Å². The molecule has 0 unspecified atom stereocenters. The quantitative estimate of drug-likeness (QED) is 0.890. The number of fused-ring (bicyclic) bond motifs is 1. The number of hydrogen-bond acceptors (Lipinski definition) is 3. The van der Waals surface area contributed by atoms with Gasteiger partial charge < -0.3 is 5.32 Å². The third-order valence-corrected chi connectivity index (χ3v) is 4.84. The van der Waals surface area contributed by atoms with Crippen molar-refractivity contribution < 1.29 is 4.79 Å². The molecule has 2 aromatic rings. The number of carbonyl (C=O) groups excluding carboxylic acids is 1. The number of rotatable bonds is 2. The van der Waals surface area contributed by atoms with Crippen LogP contribution in [-0.4, -0.2) is 15.7 Å². The van der Waals surface area contributed by atoms with E-state index in [4.69, 9.17) is 11.6 Å². The van der Waals surface area contributed by atoms with Crippen LogP contribution in [0.15, 0.2) is 24.3 Å². The predicted molar refractivity (Wildman–Crippen MR) is 91.6 cm³/mol. The SMILES string of the molecule is CC(C)(C)n1nc2c(c1NC(=O)c1ccccc1Cl)CSC2. The maximum absolute atomic E-state index is 12.6. The van der Waals surface area contributed by atoms with Crippen LogP contribution in [0.5, 0.6) is 0 Å². The molecule has 1 aromatic heterocycles. The first kappa shape index (κ1) is 15.4. The molecule has 0 spiro atoms. The van der Waals surface area contributed by atoms with E-state index in [2.05, 4.69) is 31.2 Å². The number of hydrogen-bond donors (Lipinski definition) is 1. The Morgan fingerprint density at radius 2 is 2.05 bits per heavy atom. The van der Waals surface area contributed by atoms with Gasteiger partial charge in [0.2, 0.25) is 0 Å². The van der Waals surface area contributed by atoms with Gasteiger partial charge in [-0.2, -0.15) is 16.9 Å². The van der Waals surface area contributed by atoms with Gasteiger partial charge in [0.1, 0.15) is 5.82 Å². The molecule has 0 fully saturated rings. The molecule has 4 nitrogen and oxygen atoms in total. The largest absolute Gasteiger partial charge is 0.306 e. The number of carbonyl (C=O) groups is 1. The summed E-state index contributed by atoms with van der Waals surface area (Å²) in [5, 5.41) is 8.15. The van der Waals surface area contributed by atoms with Crippen LogP contribution in [0.25, 0.3) is 0 Å². The zero-order chi connectivity index (χ0) is 15.9. The fourth-order valence-electron chi connectivity index (χ4n) is 2.45. The van der Waals surface area contributed by atoms with E-state index in [1.54, 1.807) is 12.1 Å². The Labute approximate surface area is 139 Å². The first-order valence-electron chi connectivity index (χ1n) is 7.13. The van der Waals surface area contributed by atoms with Crippen LogP contribution >= 0.6 is 23.4 Å². The Kier molecular flexibility index (Phi) is 3.95. The molecular formula is C16H18ClN3OS. The highest BCUT2D eigenvalue weighted by atomic mass is 35.5. The van der Waals surface area contributed by atoms with E-state index in [9.17, 15) is 4.79 Å². The Hall–Kier alpha value is -1.46. The third-order valence-electron chi connectivity index (χ3n) is 3.54. The minimum atomic E-state index is -0.198. The molecule has 1 aliphatic heterocycles. The topological polar surface area (TPSA) is 46.9 Å². The van der Waals surface area contributed by atoms with Crippen LogP contribution in [0.4, 0.5) is 5.82 Å². The van der Waals surface area contributed by atoms with Crippen LogP contribution in [0.2, 0.25) is 5.02 Å². The van der Waals surface area contributed by atoms with Crippen LogP contribution in [0.1, 0.15) is 42.4 Å². The maximum atomic E-state index is 12.6. The van der Waals surface area contributed by atoms with Gasteiger partial charge in [-0.05, 0) is 32.9 Å². The Morgan fingerprint density at radius 1 is 1.32 bits per heavy atom. The molecule has 0 bridgehead atoms. The number of nitrogens with one attached hydrogen (secondary N) is 1. The Balaban J connectivity index is 1.99. The summed E-state index contributed by atoms with van der Waals surface area (Å²) in [5.41, 5.74) is 2.47. The zero-order valence-corrected chi connectivity index (χ0v) is 14.4. The van der Waals surface area contributed by atoms with E-state index in [1.165, 1.54) is 0 Å². The van der Waals surface area contributed by atoms with E-state index < -0.39 is 0 Å². The summed E-state index contributed by atoms with van der Waals surface area (Å²) in [6.45, 7) is 6.23. The van der Waals surface area contributed by atoms with Crippen molar-refractivity contribution in [3.63, 3.8) is 0 Å². The second-order valence-electron chi connectivity index (χ2n) is 6.28. The first-order chi connectivity index (χ1) is 10.4. The van der Waals surface area contributed by atoms with Crippen molar-refractivity contribution in [2.24, 2.45) is 0 Å². The second-order valence-corrected chi connectivity index (χ2v) is 7.68. The van der Waals surface area contributed by atoms with Gasteiger partial charge >= 0.3 is 0 Å². The lowest BCUT2D eigenvalue weighted by molar-refractivity contribution is 0.102. The minimum Gasteiger partial charge on any atom is -0.306 e. The van der Waals surface area contributed by atoms with Gasteiger partial charge in [0, 0.05) is 17.1 Å². The maximum Gasteiger partial charge on any atom is 0.258 e. The van der Waals surface area contributed by atoms with E-state index in [0.29, 0.717) is 10.6 Å². The third kappa shape index (κ3) is 2.75. The summed E-state index contributed by atoms with van der Waals surface area (Å²) in [7, 11) is 0. The van der Waals surface area contributed by atoms with Gasteiger partial charge in [0.05, 0.1) is 21.8 Å². The van der Waals surface area contributed by atoms with Gasteiger partial charge in [-0.3, -0.25) is 4.79 Å². The van der Waals surface area contributed by atoms with Crippen LogP contribution in [0.3, 0.4) is 0 Å². The van der Waals surface area contributed by atoms with E-state index in [-0.39, 0.29) is 11.4 Å². The highest BCUT2D eigenvalue weighted by molar-refractivity contribution is 7.98. The van der Waals surface area contributed by atoms with Crippen LogP contribution in [-0.2, 0) is 17.0 Å². The Morgan fingerprint density at radius 3 is 2.73 bits per heavy atom. The summed E-state index contributed by atoms with van der Waals surface area (Å²) in [5.74, 6) is 2.37. The second kappa shape index (κ2) is 5.63. The number of halogens is 1. The average Bonchev–Trinajstić information content (AvgIpc) is 3.01. The number of aromatic nitrogens is 2. The number of nitrogens with zero attached hydrogens (tertiary/aromatic N) is 2. The highest BCUT2D eigenvalue weighted by Crippen LogP contribution is 2.37. The number of benzene rings is 1. The molecule has 0 atom stereocenters. The van der Waals surface area contributed by atoms with Crippen molar-refractivity contribution in [3.05, 3.63) is 46.1 Å². The van der Waals surface area contributed by atoms with Crippen molar-refractivity contribution in [3.8, 4) is 0 Å². The van der Waals surface area contributed by atoms with E-state index in [1.807, 2.05) is 28.6 Å². The smallest absolute Gasteiger partial charge is 0.258 e. The predicted octanol–water partition coefficient (Wildman–Crippen LogP) is 4.29. The summed E-state index contributed by atoms with van der Waals surface area (Å²) in [6.07, 6.45) is 0. The fourth-order valence-corrected chi connectivity index (χ4v) is 3.70. The van der Waals surface area contributed by atoms with Crippen LogP contribution in [0, 0.1) is 0 Å². The monoisotopic (exact) mass is 335 g/mol. The molecule has 0 aliphatic carbocycles. The molecule has 2 heterocycles. The van der Waals surface area contributed by atoms with Crippen LogP contribution < -0.4 is 5.32 Å². The first-order valence-corrected chi connectivity index (χ1v) is 8.66. The molecule has 0 radical (unpaired) electrons. The van der Waals surface area contributed by atoms with Crippen molar-refractivity contribution in [1.29, 1.82) is 0 Å². The summed E-state index contributed by atoms with van der Waals surface area (Å²) < 4.78 is 1.91. The van der Waals surface area contributed by atoms with Crippen molar-refractivity contribution in [1.82, 2.24) is 9.78 Å². The number of anilines is 1. The number of amides is 1. The molecular weight excluding hydrogens is 318 g/mol. The van der Waals surface area contributed by atoms with Gasteiger partial charge in [0.15, 0.2) is 0 Å². The molecule has 3 rings (SSSR count). The molecule has 22 heavy (non-hydrogen) atoms. The lowest BCUT2D eigenvalue weighted by Crippen LogP contribution is -2.27. The standard InChI is InChI=1S/C16H18ClN3OS/c1-16(2,3)20-14(11-8-22-9-13(11)19-20)18-15(21)10-6-4-5-7-12(10)17/h4-7H,8-9H2,1-3H3,(H,18,21). The summed E-state index contributed by atoms with van der Waals surface area (Å²) in [6, 6.07) is 7.07. The number of thioether (sulfide) groups is 1. The zero-order valence-electron chi connectivity index (χ0n) is 12.8. The van der Waals surface area contributed by atoms with Gasteiger partial charge in [-0.1, -0.05) is 23.7 Å². The van der Waals surface area contributed by atoms with Gasteiger partial charge in [-0.15, -0.1) is 0 Å². The fraction of sp³-hybridized carbons (Fsp3) is 0.375. The highest BCUT2D eigenvalue weighted by Gasteiger charge is 2.29. The average molecular weight is 336 g/mol. The van der Waals surface area contributed by atoms with Crippen molar-refractivity contribution in [2.45, 2.75) is 37.8 Å². The normalized spacial score (nSPS) is 14.0. The Bertz CT molecular complexity index is 733. The molecule has 0 saturated heterocycles. The molecule has 1 aliphatic rings. The molecule has 0 saturated carbocycles. The summed E-state index contributed by atoms with van der Waals surface area (Å²) in [4.78, 5) is 12.6. The molecule has 6 heteroatoms. The van der Waals surface area contributed by atoms with E-state index in [0.717, 1.165) is 28.6 Å². The molecule has 1 N–H and O–H groups in total. The molecule has 1 aromatic carbocycles.